The first-order valence-electron chi connectivity index (χ1n) is 13.2. The summed E-state index contributed by atoms with van der Waals surface area (Å²) in [6.07, 6.45) is 4.98. The first kappa shape index (κ1) is 25.5. The summed E-state index contributed by atoms with van der Waals surface area (Å²) in [5.74, 6) is -1.20. The minimum atomic E-state index is -1.19. The smallest absolute Gasteiger partial charge is 0.240 e. The van der Waals surface area contributed by atoms with Gasteiger partial charge in [0.25, 0.3) is 0 Å². The third kappa shape index (κ3) is 5.22. The Labute approximate surface area is 228 Å². The van der Waals surface area contributed by atoms with Gasteiger partial charge in [0.1, 0.15) is 5.41 Å². The number of hydrogen-bond acceptors (Lipinski definition) is 6. The van der Waals surface area contributed by atoms with E-state index >= 15 is 0 Å². The third-order valence-corrected chi connectivity index (χ3v) is 7.11. The van der Waals surface area contributed by atoms with Crippen LogP contribution >= 0.6 is 0 Å². The zero-order chi connectivity index (χ0) is 27.9. The predicted octanol–water partition coefficient (Wildman–Crippen LogP) is 4.93. The van der Waals surface area contributed by atoms with Crippen LogP contribution in [0.2, 0.25) is 0 Å². The molecule has 2 aromatic heterocycles. The van der Waals surface area contributed by atoms with Crippen LogP contribution in [0.15, 0.2) is 60.8 Å². The zero-order valence-electron chi connectivity index (χ0n) is 21.7. The number of anilines is 3. The Morgan fingerprint density at radius 1 is 1.00 bits per heavy atom. The van der Waals surface area contributed by atoms with E-state index in [1.54, 1.807) is 18.3 Å². The molecule has 0 aliphatic heterocycles. The first-order chi connectivity index (χ1) is 19.3. The quantitative estimate of drug-likeness (QED) is 0.258. The number of amides is 3. The summed E-state index contributed by atoms with van der Waals surface area (Å²) in [6.45, 7) is 2.02. The van der Waals surface area contributed by atoms with E-state index in [9.17, 15) is 18.8 Å². The van der Waals surface area contributed by atoms with Crippen molar-refractivity contribution in [2.24, 2.45) is 11.3 Å². The van der Waals surface area contributed by atoms with Gasteiger partial charge in [-0.2, -0.15) is 0 Å². The topological polar surface area (TPSA) is 127 Å². The summed E-state index contributed by atoms with van der Waals surface area (Å²) in [4.78, 5) is 42.2. The molecular weight excluding hydrogens is 515 g/mol. The van der Waals surface area contributed by atoms with Crippen molar-refractivity contribution in [1.29, 1.82) is 0 Å². The molecule has 6 rings (SSSR count). The molecule has 11 heteroatoms. The van der Waals surface area contributed by atoms with Crippen LogP contribution < -0.4 is 20.7 Å². The van der Waals surface area contributed by atoms with Crippen molar-refractivity contribution in [3.05, 3.63) is 72.2 Å². The number of hydrogen-bond donors (Lipinski definition) is 3. The average Bonchev–Trinajstić information content (AvgIpc) is 3.87. The molecule has 0 saturated heterocycles. The van der Waals surface area contributed by atoms with Gasteiger partial charge in [-0.1, -0.05) is 19.1 Å². The highest BCUT2D eigenvalue weighted by Gasteiger charge is 2.56. The summed E-state index contributed by atoms with van der Waals surface area (Å²) < 4.78 is 22.0. The highest BCUT2D eigenvalue weighted by molar-refractivity contribution is 6.16. The van der Waals surface area contributed by atoms with Crippen LogP contribution in [0.4, 0.5) is 21.6 Å². The number of nitrogens with zero attached hydrogens (tertiary/aromatic N) is 3. The fourth-order valence-corrected chi connectivity index (χ4v) is 4.38. The Kier molecular flexibility index (Phi) is 6.41. The van der Waals surface area contributed by atoms with E-state index in [1.807, 2.05) is 25.1 Å². The van der Waals surface area contributed by atoms with E-state index in [0.29, 0.717) is 30.0 Å². The lowest BCUT2D eigenvalue weighted by Gasteiger charge is -2.16. The highest BCUT2D eigenvalue weighted by atomic mass is 19.1. The van der Waals surface area contributed by atoms with Crippen LogP contribution in [0.3, 0.4) is 0 Å². The molecule has 0 atom stereocenters. The molecule has 204 valence electrons. The van der Waals surface area contributed by atoms with Crippen molar-refractivity contribution in [3.8, 4) is 11.6 Å². The summed E-state index contributed by atoms with van der Waals surface area (Å²) >= 11 is 0. The first-order valence-corrected chi connectivity index (χ1v) is 13.2. The van der Waals surface area contributed by atoms with Gasteiger partial charge in [-0.3, -0.25) is 14.4 Å². The fourth-order valence-electron chi connectivity index (χ4n) is 4.38. The lowest BCUT2D eigenvalue weighted by atomic mass is 10.0. The number of rotatable bonds is 9. The van der Waals surface area contributed by atoms with E-state index in [1.165, 1.54) is 22.7 Å². The van der Waals surface area contributed by atoms with Gasteiger partial charge >= 0.3 is 0 Å². The van der Waals surface area contributed by atoms with Gasteiger partial charge in [0.2, 0.25) is 23.6 Å². The lowest BCUT2D eigenvalue weighted by molar-refractivity contribution is -0.131. The number of nitrogens with one attached hydrogen (secondary N) is 3. The molecular formula is C29H27FN6O4. The number of halogens is 1. The van der Waals surface area contributed by atoms with Crippen LogP contribution in [0, 0.1) is 17.2 Å². The second-order valence-electron chi connectivity index (χ2n) is 10.2. The van der Waals surface area contributed by atoms with Gasteiger partial charge in [0, 0.05) is 29.4 Å². The zero-order valence-corrected chi connectivity index (χ0v) is 21.7. The number of carbonyl (C=O) groups is 3. The average molecular weight is 543 g/mol. The van der Waals surface area contributed by atoms with Crippen LogP contribution in [0.1, 0.15) is 38.2 Å². The largest absolute Gasteiger partial charge is 0.434 e. The molecule has 3 N–H and O–H groups in total. The SMILES string of the molecule is CCc1cccc(NC(=O)C2(C(=O)Nc3ccc(Oc4ccc5nc(NC(=O)C6CC6)cn5n4)c(F)c3)CC2)c1. The third-order valence-electron chi connectivity index (χ3n) is 7.11. The van der Waals surface area contributed by atoms with Crippen molar-refractivity contribution in [2.45, 2.75) is 39.0 Å². The monoisotopic (exact) mass is 542 g/mol. The Bertz CT molecular complexity index is 1640. The molecule has 0 unspecified atom stereocenters. The minimum Gasteiger partial charge on any atom is -0.434 e. The van der Waals surface area contributed by atoms with E-state index in [4.69, 9.17) is 4.74 Å². The van der Waals surface area contributed by atoms with Crippen LogP contribution in [0.5, 0.6) is 11.6 Å². The van der Waals surface area contributed by atoms with Crippen LogP contribution in [0.25, 0.3) is 5.65 Å². The number of ether oxygens (including phenoxy) is 1. The molecule has 2 heterocycles. The van der Waals surface area contributed by atoms with Gasteiger partial charge in [-0.15, -0.1) is 5.10 Å². The molecule has 2 aliphatic rings. The van der Waals surface area contributed by atoms with E-state index in [0.717, 1.165) is 30.9 Å². The van der Waals surface area contributed by atoms with E-state index < -0.39 is 17.1 Å². The number of aryl methyl sites for hydroxylation is 1. The van der Waals surface area contributed by atoms with Crippen molar-refractivity contribution in [2.75, 3.05) is 16.0 Å². The van der Waals surface area contributed by atoms with Gasteiger partial charge in [-0.25, -0.2) is 13.9 Å². The Morgan fingerprint density at radius 3 is 2.42 bits per heavy atom. The molecule has 2 aromatic carbocycles. The van der Waals surface area contributed by atoms with Gasteiger partial charge in [-0.05, 0) is 68.0 Å². The summed E-state index contributed by atoms with van der Waals surface area (Å²) in [6, 6.07) is 14.7. The minimum absolute atomic E-state index is 0.0442. The van der Waals surface area contributed by atoms with Crippen LogP contribution in [-0.2, 0) is 20.8 Å². The number of benzene rings is 2. The van der Waals surface area contributed by atoms with Gasteiger partial charge < -0.3 is 20.7 Å². The Morgan fingerprint density at radius 2 is 1.75 bits per heavy atom. The summed E-state index contributed by atoms with van der Waals surface area (Å²) in [7, 11) is 0. The Balaban J connectivity index is 1.10. The molecule has 2 saturated carbocycles. The van der Waals surface area contributed by atoms with E-state index in [-0.39, 0.29) is 35.0 Å². The van der Waals surface area contributed by atoms with Crippen molar-refractivity contribution in [3.63, 3.8) is 0 Å². The summed E-state index contributed by atoms with van der Waals surface area (Å²) in [5, 5.41) is 12.5. The predicted molar refractivity (Wildman–Crippen MR) is 146 cm³/mol. The molecule has 2 aliphatic carbocycles. The molecule has 3 amide bonds. The number of imidazole rings is 1. The normalized spacial score (nSPS) is 15.3. The second-order valence-corrected chi connectivity index (χ2v) is 10.2. The maximum Gasteiger partial charge on any atom is 0.240 e. The number of aromatic nitrogens is 3. The second kappa shape index (κ2) is 10.1. The van der Waals surface area contributed by atoms with Crippen molar-refractivity contribution < 1.29 is 23.5 Å². The molecule has 0 bridgehead atoms. The summed E-state index contributed by atoms with van der Waals surface area (Å²) in [5.41, 5.74) is 1.23. The number of carbonyl (C=O) groups excluding carboxylic acids is 3. The van der Waals surface area contributed by atoms with Crippen LogP contribution in [-0.4, -0.2) is 32.3 Å². The van der Waals surface area contributed by atoms with Gasteiger partial charge in [0.15, 0.2) is 23.0 Å². The molecule has 40 heavy (non-hydrogen) atoms. The van der Waals surface area contributed by atoms with Crippen molar-refractivity contribution in [1.82, 2.24) is 14.6 Å². The number of fused-ring (bicyclic) bond motifs is 1. The molecule has 0 spiro atoms. The molecule has 4 aromatic rings. The fraction of sp³-hybridized carbons (Fsp3) is 0.276. The lowest BCUT2D eigenvalue weighted by Crippen LogP contribution is -2.35. The highest BCUT2D eigenvalue weighted by Crippen LogP contribution is 2.47. The molecule has 0 radical (unpaired) electrons. The van der Waals surface area contributed by atoms with E-state index in [2.05, 4.69) is 26.0 Å². The molecule has 2 fully saturated rings. The molecule has 10 nitrogen and oxygen atoms in total. The van der Waals surface area contributed by atoms with Gasteiger partial charge in [0.05, 0.1) is 6.20 Å². The van der Waals surface area contributed by atoms with Crippen molar-refractivity contribution >= 4 is 40.6 Å². The Hall–Kier alpha value is -4.80. The maximum atomic E-state index is 14.9. The maximum absolute atomic E-state index is 14.9. The standard InChI is InChI=1S/C29H27FN6O4/c1-2-17-4-3-5-19(14-17)31-27(38)29(12-13-29)28(39)32-20-8-9-22(21(30)15-20)40-25-11-10-24-33-23(16-36(24)35-25)34-26(37)18-6-7-18/h3-5,8-11,14-16,18H,2,6-7,12-13H2,1H3,(H,31,38)(H,32,39)(H,34,37).